The van der Waals surface area contributed by atoms with Gasteiger partial charge in [-0.05, 0) is 25.7 Å². The zero-order chi connectivity index (χ0) is 12.0. The average molecular weight is 247 g/mol. The van der Waals surface area contributed by atoms with Crippen molar-refractivity contribution in [1.29, 1.82) is 0 Å². The molecule has 92 valence electrons. The number of likely N-dealkylation sites (tertiary alicyclic amines) is 1. The van der Waals surface area contributed by atoms with Gasteiger partial charge in [0.2, 0.25) is 11.8 Å². The van der Waals surface area contributed by atoms with Crippen LogP contribution in [0.25, 0.3) is 0 Å². The van der Waals surface area contributed by atoms with Crippen LogP contribution in [0.5, 0.6) is 0 Å². The number of nitrogens with zero attached hydrogens (tertiary/aromatic N) is 1. The third-order valence-corrected chi connectivity index (χ3v) is 3.29. The van der Waals surface area contributed by atoms with E-state index in [1.54, 1.807) is 0 Å². The standard InChI is InChI=1S/C11H19ClN2O2/c12-6-2-1-3-10(15)14-7-4-9(5-8-14)11(13)16/h9H,1-8H2,(H2,13,16). The summed E-state index contributed by atoms with van der Waals surface area (Å²) >= 11 is 5.55. The quantitative estimate of drug-likeness (QED) is 0.584. The monoisotopic (exact) mass is 246 g/mol. The predicted octanol–water partition coefficient (Wildman–Crippen LogP) is 1.12. The Labute approximate surface area is 101 Å². The molecule has 1 aliphatic heterocycles. The van der Waals surface area contributed by atoms with Crippen LogP contribution in [0.2, 0.25) is 0 Å². The first-order valence-electron chi connectivity index (χ1n) is 5.78. The van der Waals surface area contributed by atoms with E-state index in [1.807, 2.05) is 4.90 Å². The van der Waals surface area contributed by atoms with Crippen LogP contribution in [0.4, 0.5) is 0 Å². The number of piperidine rings is 1. The minimum Gasteiger partial charge on any atom is -0.369 e. The van der Waals surface area contributed by atoms with E-state index < -0.39 is 0 Å². The second-order valence-electron chi connectivity index (χ2n) is 4.20. The third kappa shape index (κ3) is 4.00. The zero-order valence-electron chi connectivity index (χ0n) is 9.45. The van der Waals surface area contributed by atoms with E-state index in [1.165, 1.54) is 0 Å². The molecule has 2 amide bonds. The van der Waals surface area contributed by atoms with Crippen molar-refractivity contribution >= 4 is 23.4 Å². The van der Waals surface area contributed by atoms with E-state index in [4.69, 9.17) is 17.3 Å². The number of carbonyl (C=O) groups is 2. The first-order valence-corrected chi connectivity index (χ1v) is 6.31. The lowest BCUT2D eigenvalue weighted by Crippen LogP contribution is -2.41. The molecule has 0 unspecified atom stereocenters. The van der Waals surface area contributed by atoms with Crippen molar-refractivity contribution in [2.75, 3.05) is 19.0 Å². The van der Waals surface area contributed by atoms with E-state index >= 15 is 0 Å². The summed E-state index contributed by atoms with van der Waals surface area (Å²) in [5, 5.41) is 0. The summed E-state index contributed by atoms with van der Waals surface area (Å²) in [6.07, 6.45) is 3.70. The fourth-order valence-corrected chi connectivity index (χ4v) is 2.13. The maximum absolute atomic E-state index is 11.7. The highest BCUT2D eigenvalue weighted by Gasteiger charge is 2.25. The summed E-state index contributed by atoms with van der Waals surface area (Å²) in [6.45, 7) is 1.32. The van der Waals surface area contributed by atoms with Gasteiger partial charge in [0.1, 0.15) is 0 Å². The normalized spacial score (nSPS) is 17.4. The summed E-state index contributed by atoms with van der Waals surface area (Å²) in [6, 6.07) is 0. The third-order valence-electron chi connectivity index (χ3n) is 3.02. The molecular weight excluding hydrogens is 228 g/mol. The van der Waals surface area contributed by atoms with Gasteiger partial charge < -0.3 is 10.6 Å². The zero-order valence-corrected chi connectivity index (χ0v) is 10.2. The SMILES string of the molecule is NC(=O)C1CCN(C(=O)CCCCCl)CC1. The Morgan fingerprint density at radius 3 is 2.38 bits per heavy atom. The van der Waals surface area contributed by atoms with E-state index in [2.05, 4.69) is 0 Å². The maximum Gasteiger partial charge on any atom is 0.222 e. The minimum atomic E-state index is -0.241. The van der Waals surface area contributed by atoms with Crippen LogP contribution in [0, 0.1) is 5.92 Å². The molecular formula is C11H19ClN2O2. The number of hydrogen-bond acceptors (Lipinski definition) is 2. The summed E-state index contributed by atoms with van der Waals surface area (Å²) in [5.74, 6) is 0.492. The smallest absolute Gasteiger partial charge is 0.222 e. The Hall–Kier alpha value is -0.770. The highest BCUT2D eigenvalue weighted by Crippen LogP contribution is 2.17. The van der Waals surface area contributed by atoms with Crippen LogP contribution >= 0.6 is 11.6 Å². The molecule has 0 aromatic rings. The number of hydrogen-bond donors (Lipinski definition) is 1. The molecule has 2 N–H and O–H groups in total. The lowest BCUT2D eigenvalue weighted by molar-refractivity contribution is -0.134. The molecule has 4 nitrogen and oxygen atoms in total. The molecule has 0 bridgehead atoms. The number of carbonyl (C=O) groups excluding carboxylic acids is 2. The van der Waals surface area contributed by atoms with Crippen molar-refractivity contribution in [3.63, 3.8) is 0 Å². The second kappa shape index (κ2) is 6.74. The van der Waals surface area contributed by atoms with Gasteiger partial charge >= 0.3 is 0 Å². The number of alkyl halides is 1. The molecule has 5 heteroatoms. The Bertz CT molecular complexity index is 250. The van der Waals surface area contributed by atoms with Gasteiger partial charge in [-0.2, -0.15) is 0 Å². The highest BCUT2D eigenvalue weighted by molar-refractivity contribution is 6.17. The number of rotatable bonds is 5. The van der Waals surface area contributed by atoms with Gasteiger partial charge in [0.05, 0.1) is 0 Å². The van der Waals surface area contributed by atoms with Gasteiger partial charge in [-0.3, -0.25) is 9.59 Å². The Morgan fingerprint density at radius 1 is 1.25 bits per heavy atom. The molecule has 0 spiro atoms. The molecule has 0 aliphatic carbocycles. The van der Waals surface area contributed by atoms with Crippen LogP contribution in [-0.4, -0.2) is 35.7 Å². The summed E-state index contributed by atoms with van der Waals surface area (Å²) in [5.41, 5.74) is 5.23. The van der Waals surface area contributed by atoms with Gasteiger partial charge in [0.25, 0.3) is 0 Å². The lowest BCUT2D eigenvalue weighted by Gasteiger charge is -2.30. The Morgan fingerprint density at radius 2 is 1.88 bits per heavy atom. The first kappa shape index (κ1) is 13.3. The fraction of sp³-hybridized carbons (Fsp3) is 0.818. The van der Waals surface area contributed by atoms with Crippen molar-refractivity contribution in [1.82, 2.24) is 4.90 Å². The van der Waals surface area contributed by atoms with Crippen LogP contribution in [0.15, 0.2) is 0 Å². The summed E-state index contributed by atoms with van der Waals surface area (Å²) < 4.78 is 0. The topological polar surface area (TPSA) is 63.4 Å². The van der Waals surface area contributed by atoms with Crippen LogP contribution in [-0.2, 0) is 9.59 Å². The molecule has 0 saturated carbocycles. The van der Waals surface area contributed by atoms with E-state index in [9.17, 15) is 9.59 Å². The number of unbranched alkanes of at least 4 members (excludes halogenated alkanes) is 1. The van der Waals surface area contributed by atoms with Crippen molar-refractivity contribution in [3.05, 3.63) is 0 Å². The molecule has 0 aromatic carbocycles. The summed E-state index contributed by atoms with van der Waals surface area (Å²) in [7, 11) is 0. The molecule has 1 fully saturated rings. The number of halogens is 1. The van der Waals surface area contributed by atoms with Gasteiger partial charge in [-0.25, -0.2) is 0 Å². The molecule has 1 heterocycles. The fourth-order valence-electron chi connectivity index (χ4n) is 1.94. The summed E-state index contributed by atoms with van der Waals surface area (Å²) in [4.78, 5) is 24.5. The van der Waals surface area contributed by atoms with E-state index in [0.717, 1.165) is 12.8 Å². The van der Waals surface area contributed by atoms with Crippen LogP contribution in [0.3, 0.4) is 0 Å². The average Bonchev–Trinajstić information content (AvgIpc) is 2.29. The molecule has 0 aromatic heterocycles. The van der Waals surface area contributed by atoms with E-state index in [-0.39, 0.29) is 17.7 Å². The first-order chi connectivity index (χ1) is 7.65. The van der Waals surface area contributed by atoms with Crippen LogP contribution < -0.4 is 5.73 Å². The second-order valence-corrected chi connectivity index (χ2v) is 4.58. The molecule has 0 radical (unpaired) electrons. The van der Waals surface area contributed by atoms with E-state index in [0.29, 0.717) is 38.2 Å². The lowest BCUT2D eigenvalue weighted by atomic mass is 9.96. The number of amides is 2. The van der Waals surface area contributed by atoms with Gasteiger partial charge in [-0.1, -0.05) is 0 Å². The Kier molecular flexibility index (Phi) is 5.60. The van der Waals surface area contributed by atoms with Crippen molar-refractivity contribution in [3.8, 4) is 0 Å². The number of primary amides is 1. The predicted molar refractivity (Wildman–Crippen MR) is 63.1 cm³/mol. The number of nitrogens with two attached hydrogens (primary N) is 1. The van der Waals surface area contributed by atoms with Gasteiger partial charge in [0.15, 0.2) is 0 Å². The molecule has 1 rings (SSSR count). The Balaban J connectivity index is 2.25. The largest absolute Gasteiger partial charge is 0.369 e. The maximum atomic E-state index is 11.7. The van der Waals surface area contributed by atoms with Crippen molar-refractivity contribution in [2.45, 2.75) is 32.1 Å². The van der Waals surface area contributed by atoms with Gasteiger partial charge in [-0.15, -0.1) is 11.6 Å². The van der Waals surface area contributed by atoms with Crippen molar-refractivity contribution in [2.24, 2.45) is 11.7 Å². The minimum absolute atomic E-state index is 0.0492. The molecule has 1 saturated heterocycles. The molecule has 0 atom stereocenters. The highest BCUT2D eigenvalue weighted by atomic mass is 35.5. The van der Waals surface area contributed by atoms with Crippen molar-refractivity contribution < 1.29 is 9.59 Å². The molecule has 1 aliphatic rings. The van der Waals surface area contributed by atoms with Crippen LogP contribution in [0.1, 0.15) is 32.1 Å². The molecule has 16 heavy (non-hydrogen) atoms. The van der Waals surface area contributed by atoms with Gasteiger partial charge in [0, 0.05) is 31.3 Å².